The van der Waals surface area contributed by atoms with E-state index in [1.165, 1.54) is 18.2 Å². The zero-order valence-electron chi connectivity index (χ0n) is 20.0. The number of halogens is 1. The first-order valence-electron chi connectivity index (χ1n) is 11.9. The molecule has 1 amide bonds. The van der Waals surface area contributed by atoms with E-state index in [1.54, 1.807) is 30.3 Å². The largest absolute Gasteiger partial charge is 0.451 e. The van der Waals surface area contributed by atoms with Crippen molar-refractivity contribution in [2.75, 3.05) is 36.4 Å². The highest BCUT2D eigenvalue weighted by Gasteiger charge is 2.19. The van der Waals surface area contributed by atoms with E-state index in [0.717, 1.165) is 31.9 Å². The van der Waals surface area contributed by atoms with Crippen molar-refractivity contribution >= 4 is 23.0 Å². The number of carbonyl (C=O) groups excluding carboxylic acids is 1. The third-order valence-electron chi connectivity index (χ3n) is 6.39. The normalized spacial score (nSPS) is 13.9. The van der Waals surface area contributed by atoms with Gasteiger partial charge >= 0.3 is 0 Å². The number of nitro groups is 1. The van der Waals surface area contributed by atoms with Gasteiger partial charge in [0.1, 0.15) is 11.6 Å². The average molecular weight is 501 g/mol. The minimum Gasteiger partial charge on any atom is -0.451 e. The third kappa shape index (κ3) is 5.68. The SMILES string of the molecule is O=C(Nc1ccc(N2CCN(Cc3ccccc3F)CC2)cc1)c1ccc(-c2cccc([N+](=O)[O-])c2)o1. The van der Waals surface area contributed by atoms with Crippen LogP contribution in [0, 0.1) is 15.9 Å². The Morgan fingerprint density at radius 3 is 2.43 bits per heavy atom. The van der Waals surface area contributed by atoms with Gasteiger partial charge in [-0.2, -0.15) is 0 Å². The first kappa shape index (κ1) is 24.2. The van der Waals surface area contributed by atoms with E-state index in [4.69, 9.17) is 4.42 Å². The number of hydrogen-bond acceptors (Lipinski definition) is 6. The predicted molar refractivity (Wildman–Crippen MR) is 139 cm³/mol. The van der Waals surface area contributed by atoms with Crippen molar-refractivity contribution in [2.45, 2.75) is 6.54 Å². The summed E-state index contributed by atoms with van der Waals surface area (Å²) in [4.78, 5) is 27.7. The van der Waals surface area contributed by atoms with E-state index < -0.39 is 10.8 Å². The molecule has 188 valence electrons. The minimum atomic E-state index is -0.477. The van der Waals surface area contributed by atoms with Crippen molar-refractivity contribution in [2.24, 2.45) is 0 Å². The van der Waals surface area contributed by atoms with Gasteiger partial charge in [0, 0.05) is 67.4 Å². The highest BCUT2D eigenvalue weighted by Crippen LogP contribution is 2.27. The van der Waals surface area contributed by atoms with E-state index in [0.29, 0.717) is 29.1 Å². The molecule has 0 spiro atoms. The van der Waals surface area contributed by atoms with Gasteiger partial charge in [0.2, 0.25) is 0 Å². The number of non-ortho nitro benzene ring substituents is 1. The van der Waals surface area contributed by atoms with Crippen LogP contribution in [0.5, 0.6) is 0 Å². The molecule has 0 radical (unpaired) electrons. The summed E-state index contributed by atoms with van der Waals surface area (Å²) in [6.45, 7) is 3.91. The summed E-state index contributed by atoms with van der Waals surface area (Å²) in [6.07, 6.45) is 0. The van der Waals surface area contributed by atoms with Crippen LogP contribution in [0.15, 0.2) is 89.3 Å². The second-order valence-corrected chi connectivity index (χ2v) is 8.83. The van der Waals surface area contributed by atoms with Crippen molar-refractivity contribution in [3.05, 3.63) is 112 Å². The highest BCUT2D eigenvalue weighted by atomic mass is 19.1. The molecule has 0 saturated carbocycles. The second kappa shape index (κ2) is 10.6. The highest BCUT2D eigenvalue weighted by molar-refractivity contribution is 6.02. The first-order valence-corrected chi connectivity index (χ1v) is 11.9. The molecule has 1 aliphatic heterocycles. The molecule has 0 bridgehead atoms. The van der Waals surface area contributed by atoms with Crippen LogP contribution in [-0.2, 0) is 6.54 Å². The Hall–Kier alpha value is -4.50. The van der Waals surface area contributed by atoms with Crippen molar-refractivity contribution in [1.29, 1.82) is 0 Å². The third-order valence-corrected chi connectivity index (χ3v) is 6.39. The van der Waals surface area contributed by atoms with Crippen LogP contribution in [0.2, 0.25) is 0 Å². The number of nitrogens with one attached hydrogen (secondary N) is 1. The summed E-state index contributed by atoms with van der Waals surface area (Å²) in [5, 5.41) is 13.8. The summed E-state index contributed by atoms with van der Waals surface area (Å²) in [6, 6.07) is 23.7. The molecule has 1 aromatic heterocycles. The zero-order valence-corrected chi connectivity index (χ0v) is 20.0. The first-order chi connectivity index (χ1) is 18.0. The van der Waals surface area contributed by atoms with E-state index >= 15 is 0 Å². The average Bonchev–Trinajstić information content (AvgIpc) is 3.42. The molecule has 1 fully saturated rings. The number of hydrogen-bond donors (Lipinski definition) is 1. The van der Waals surface area contributed by atoms with Gasteiger partial charge in [0.05, 0.1) is 4.92 Å². The number of furan rings is 1. The molecule has 2 heterocycles. The van der Waals surface area contributed by atoms with Crippen molar-refractivity contribution < 1.29 is 18.5 Å². The van der Waals surface area contributed by atoms with Gasteiger partial charge < -0.3 is 14.6 Å². The number of anilines is 2. The molecule has 1 N–H and O–H groups in total. The summed E-state index contributed by atoms with van der Waals surface area (Å²) >= 11 is 0. The van der Waals surface area contributed by atoms with Gasteiger partial charge in [-0.25, -0.2) is 4.39 Å². The molecule has 0 aliphatic carbocycles. The topological polar surface area (TPSA) is 91.9 Å². The van der Waals surface area contributed by atoms with Gasteiger partial charge in [0.15, 0.2) is 5.76 Å². The fourth-order valence-corrected chi connectivity index (χ4v) is 4.37. The molecule has 1 saturated heterocycles. The monoisotopic (exact) mass is 500 g/mol. The summed E-state index contributed by atoms with van der Waals surface area (Å²) < 4.78 is 19.6. The van der Waals surface area contributed by atoms with Gasteiger partial charge in [0.25, 0.3) is 11.6 Å². The lowest BCUT2D eigenvalue weighted by Gasteiger charge is -2.36. The molecule has 9 heteroatoms. The fourth-order valence-electron chi connectivity index (χ4n) is 4.37. The Morgan fingerprint density at radius 1 is 0.946 bits per heavy atom. The van der Waals surface area contributed by atoms with Crippen LogP contribution >= 0.6 is 0 Å². The maximum atomic E-state index is 13.9. The van der Waals surface area contributed by atoms with Crippen LogP contribution in [0.25, 0.3) is 11.3 Å². The Bertz CT molecular complexity index is 1410. The van der Waals surface area contributed by atoms with E-state index in [-0.39, 0.29) is 17.3 Å². The van der Waals surface area contributed by atoms with Crippen molar-refractivity contribution in [3.8, 4) is 11.3 Å². The maximum absolute atomic E-state index is 13.9. The number of carbonyl (C=O) groups is 1. The minimum absolute atomic E-state index is 0.0495. The lowest BCUT2D eigenvalue weighted by Crippen LogP contribution is -2.46. The van der Waals surface area contributed by atoms with Crippen LogP contribution in [0.3, 0.4) is 0 Å². The molecule has 8 nitrogen and oxygen atoms in total. The Kier molecular flexibility index (Phi) is 6.96. The van der Waals surface area contributed by atoms with Crippen LogP contribution in [0.1, 0.15) is 16.1 Å². The number of rotatable bonds is 7. The smallest absolute Gasteiger partial charge is 0.291 e. The maximum Gasteiger partial charge on any atom is 0.291 e. The van der Waals surface area contributed by atoms with E-state index in [1.807, 2.05) is 36.4 Å². The van der Waals surface area contributed by atoms with Crippen molar-refractivity contribution in [3.63, 3.8) is 0 Å². The second-order valence-electron chi connectivity index (χ2n) is 8.83. The zero-order chi connectivity index (χ0) is 25.8. The predicted octanol–water partition coefficient (Wildman–Crippen LogP) is 5.57. The molecule has 5 rings (SSSR count). The number of piperazine rings is 1. The number of amides is 1. The molecular formula is C28H25FN4O4. The van der Waals surface area contributed by atoms with Crippen LogP contribution < -0.4 is 10.2 Å². The quantitative estimate of drug-likeness (QED) is 0.264. The molecule has 3 aromatic carbocycles. The summed E-state index contributed by atoms with van der Waals surface area (Å²) in [5.74, 6) is -0.0986. The molecule has 37 heavy (non-hydrogen) atoms. The van der Waals surface area contributed by atoms with E-state index in [9.17, 15) is 19.3 Å². The molecule has 1 aliphatic rings. The van der Waals surface area contributed by atoms with Gasteiger partial charge in [-0.15, -0.1) is 0 Å². The van der Waals surface area contributed by atoms with Crippen LogP contribution in [-0.4, -0.2) is 41.9 Å². The number of benzene rings is 3. The standard InChI is InChI=1S/C28H25FN4O4/c29-25-7-2-1-4-21(25)19-31-14-16-32(17-15-31)23-10-8-22(9-11-23)30-28(34)27-13-12-26(37-27)20-5-3-6-24(18-20)33(35)36/h1-13,18H,14-17,19H2,(H,30,34). The fraction of sp³-hybridized carbons (Fsp3) is 0.179. The Labute approximate surface area is 213 Å². The lowest BCUT2D eigenvalue weighted by atomic mass is 10.1. The number of nitro benzene ring substituents is 1. The molecule has 0 atom stereocenters. The summed E-state index contributed by atoms with van der Waals surface area (Å²) in [5.41, 5.74) is 2.86. The Balaban J connectivity index is 1.16. The summed E-state index contributed by atoms with van der Waals surface area (Å²) in [7, 11) is 0. The Morgan fingerprint density at radius 2 is 1.70 bits per heavy atom. The molecular weight excluding hydrogens is 475 g/mol. The van der Waals surface area contributed by atoms with Gasteiger partial charge in [-0.3, -0.25) is 19.8 Å². The molecule has 0 unspecified atom stereocenters. The van der Waals surface area contributed by atoms with Gasteiger partial charge in [-0.05, 0) is 42.5 Å². The lowest BCUT2D eigenvalue weighted by molar-refractivity contribution is -0.384. The van der Waals surface area contributed by atoms with Gasteiger partial charge in [-0.1, -0.05) is 30.3 Å². The van der Waals surface area contributed by atoms with E-state index in [2.05, 4.69) is 15.1 Å². The van der Waals surface area contributed by atoms with Crippen molar-refractivity contribution in [1.82, 2.24) is 4.90 Å². The number of nitrogens with zero attached hydrogens (tertiary/aromatic N) is 3. The molecule has 4 aromatic rings. The van der Waals surface area contributed by atoms with Crippen LogP contribution in [0.4, 0.5) is 21.5 Å².